The van der Waals surface area contributed by atoms with Gasteiger partial charge in [-0.3, -0.25) is 14.8 Å². The molecule has 1 aromatic rings. The van der Waals surface area contributed by atoms with Crippen LogP contribution in [0.15, 0.2) is 24.3 Å². The normalized spacial score (nSPS) is 12.6. The maximum Gasteiger partial charge on any atom is 0.271 e. The van der Waals surface area contributed by atoms with Gasteiger partial charge in [-0.05, 0) is 31.2 Å². The molecular formula is C13H13FN2O4. The molecule has 7 heteroatoms. The number of amides is 2. The van der Waals surface area contributed by atoms with Crippen molar-refractivity contribution in [2.45, 2.75) is 19.3 Å². The Morgan fingerprint density at radius 1 is 1.30 bits per heavy atom. The lowest BCUT2D eigenvalue weighted by molar-refractivity contribution is -0.137. The number of halogens is 1. The van der Waals surface area contributed by atoms with Crippen LogP contribution in [-0.4, -0.2) is 34.5 Å². The van der Waals surface area contributed by atoms with Crippen molar-refractivity contribution in [3.8, 4) is 11.8 Å². The smallest absolute Gasteiger partial charge is 0.271 e. The first-order valence-electron chi connectivity index (χ1n) is 5.59. The van der Waals surface area contributed by atoms with Crippen molar-refractivity contribution >= 4 is 11.8 Å². The van der Waals surface area contributed by atoms with Crippen LogP contribution in [-0.2, 0) is 4.79 Å². The highest BCUT2D eigenvalue weighted by Crippen LogP contribution is 2.05. The molecule has 20 heavy (non-hydrogen) atoms. The molecule has 2 amide bonds. The van der Waals surface area contributed by atoms with Crippen molar-refractivity contribution in [1.82, 2.24) is 10.8 Å². The fourth-order valence-corrected chi connectivity index (χ4v) is 1.40. The Labute approximate surface area is 114 Å². The molecule has 0 aliphatic rings. The Morgan fingerprint density at radius 2 is 1.90 bits per heavy atom. The molecule has 106 valence electrons. The average molecular weight is 280 g/mol. The van der Waals surface area contributed by atoms with Crippen molar-refractivity contribution in [1.29, 1.82) is 0 Å². The first-order chi connectivity index (χ1) is 9.49. The lowest BCUT2D eigenvalue weighted by atomic mass is 10.1. The third-order valence-electron chi connectivity index (χ3n) is 2.37. The van der Waals surface area contributed by atoms with Gasteiger partial charge in [0.25, 0.3) is 11.8 Å². The molecule has 1 rings (SSSR count). The van der Waals surface area contributed by atoms with Gasteiger partial charge in [0, 0.05) is 11.1 Å². The summed E-state index contributed by atoms with van der Waals surface area (Å²) < 4.78 is 12.8. The number of carbonyl (C=O) groups excluding carboxylic acids is 2. The molecule has 0 aromatic heterocycles. The maximum atomic E-state index is 12.8. The monoisotopic (exact) mass is 280 g/mol. The van der Waals surface area contributed by atoms with Crippen LogP contribution in [0.4, 0.5) is 4.39 Å². The summed E-state index contributed by atoms with van der Waals surface area (Å²) in [5.74, 6) is 3.44. The topological polar surface area (TPSA) is 98.7 Å². The summed E-state index contributed by atoms with van der Waals surface area (Å²) in [6, 6.07) is 4.14. The lowest BCUT2D eigenvalue weighted by Gasteiger charge is -2.16. The third-order valence-corrected chi connectivity index (χ3v) is 2.37. The van der Waals surface area contributed by atoms with E-state index in [0.717, 1.165) is 5.48 Å². The fraction of sp³-hybridized carbons (Fsp3) is 0.231. The first-order valence-corrected chi connectivity index (χ1v) is 5.59. The lowest BCUT2D eigenvalue weighted by Crippen LogP contribution is -2.51. The van der Waals surface area contributed by atoms with E-state index in [1.165, 1.54) is 12.1 Å². The Bertz CT molecular complexity index is 546. The van der Waals surface area contributed by atoms with E-state index < -0.39 is 24.2 Å². The highest BCUT2D eigenvalue weighted by Gasteiger charge is 2.28. The SMILES string of the molecule is CC#Cc1ccc(C(=O)NC(C(=O)NO)C(O)F)cc1. The molecule has 6 nitrogen and oxygen atoms in total. The molecule has 0 saturated heterocycles. The van der Waals surface area contributed by atoms with Gasteiger partial charge in [0.2, 0.25) is 6.36 Å². The molecule has 4 N–H and O–H groups in total. The van der Waals surface area contributed by atoms with E-state index >= 15 is 0 Å². The first kappa shape index (κ1) is 15.6. The maximum absolute atomic E-state index is 12.8. The van der Waals surface area contributed by atoms with E-state index in [2.05, 4.69) is 11.8 Å². The molecule has 0 radical (unpaired) electrons. The third kappa shape index (κ3) is 4.05. The Morgan fingerprint density at radius 3 is 2.35 bits per heavy atom. The molecule has 0 saturated carbocycles. The number of carbonyl (C=O) groups is 2. The summed E-state index contributed by atoms with van der Waals surface area (Å²) in [6.45, 7) is 1.67. The van der Waals surface area contributed by atoms with Gasteiger partial charge in [-0.1, -0.05) is 5.92 Å². The summed E-state index contributed by atoms with van der Waals surface area (Å²) in [5.41, 5.74) is 2.01. The highest BCUT2D eigenvalue weighted by atomic mass is 19.1. The number of aliphatic hydroxyl groups excluding tert-OH is 1. The Hall–Kier alpha value is -2.43. The summed E-state index contributed by atoms with van der Waals surface area (Å²) in [6.07, 6.45) is -2.64. The van der Waals surface area contributed by atoms with Crippen LogP contribution in [0.3, 0.4) is 0 Å². The second-order valence-corrected chi connectivity index (χ2v) is 3.75. The number of aliphatic hydroxyl groups is 1. The Balaban J connectivity index is 2.82. The molecular weight excluding hydrogens is 267 g/mol. The zero-order valence-corrected chi connectivity index (χ0v) is 10.6. The van der Waals surface area contributed by atoms with Crippen LogP contribution in [0.25, 0.3) is 0 Å². The van der Waals surface area contributed by atoms with Gasteiger partial charge in [0.15, 0.2) is 6.04 Å². The number of hydroxylamine groups is 1. The van der Waals surface area contributed by atoms with Crippen LogP contribution >= 0.6 is 0 Å². The summed E-state index contributed by atoms with van der Waals surface area (Å²) >= 11 is 0. The van der Waals surface area contributed by atoms with Gasteiger partial charge in [0.05, 0.1) is 0 Å². The second-order valence-electron chi connectivity index (χ2n) is 3.75. The number of nitrogens with one attached hydrogen (secondary N) is 2. The quantitative estimate of drug-likeness (QED) is 0.353. The van der Waals surface area contributed by atoms with Gasteiger partial charge in [-0.15, -0.1) is 5.92 Å². The Kier molecular flexibility index (Phi) is 5.65. The van der Waals surface area contributed by atoms with E-state index in [-0.39, 0.29) is 5.56 Å². The number of alkyl halides is 1. The average Bonchev–Trinajstić information content (AvgIpc) is 2.44. The molecule has 0 bridgehead atoms. The van der Waals surface area contributed by atoms with Crippen molar-refractivity contribution in [3.05, 3.63) is 35.4 Å². The molecule has 2 atom stereocenters. The van der Waals surface area contributed by atoms with Crippen molar-refractivity contribution in [2.24, 2.45) is 0 Å². The molecule has 0 aliphatic carbocycles. The van der Waals surface area contributed by atoms with E-state index in [9.17, 15) is 14.0 Å². The molecule has 0 fully saturated rings. The van der Waals surface area contributed by atoms with E-state index in [1.54, 1.807) is 19.1 Å². The van der Waals surface area contributed by atoms with Crippen LogP contribution in [0.2, 0.25) is 0 Å². The van der Waals surface area contributed by atoms with Crippen LogP contribution in [0.1, 0.15) is 22.8 Å². The molecule has 1 aromatic carbocycles. The summed E-state index contributed by atoms with van der Waals surface area (Å²) in [5, 5.41) is 19.1. The molecule has 0 heterocycles. The van der Waals surface area contributed by atoms with Crippen molar-refractivity contribution < 1.29 is 24.3 Å². The minimum atomic E-state index is -2.64. The van der Waals surface area contributed by atoms with E-state index in [4.69, 9.17) is 10.3 Å². The number of hydrogen-bond donors (Lipinski definition) is 4. The molecule has 0 aliphatic heterocycles. The second kappa shape index (κ2) is 7.23. The predicted octanol–water partition coefficient (Wildman–Crippen LogP) is -0.0503. The highest BCUT2D eigenvalue weighted by molar-refractivity contribution is 5.97. The van der Waals surface area contributed by atoms with Gasteiger partial charge in [-0.2, -0.15) is 0 Å². The minimum Gasteiger partial charge on any atom is -0.362 e. The van der Waals surface area contributed by atoms with Crippen LogP contribution in [0.5, 0.6) is 0 Å². The standard InChI is InChI=1S/C13H13FN2O4/c1-2-3-8-4-6-9(7-5-8)12(18)15-10(11(14)17)13(19)16-20/h4-7,10-11,17,20H,1H3,(H,15,18)(H,16,19). The van der Waals surface area contributed by atoms with E-state index in [1.807, 2.05) is 5.32 Å². The van der Waals surface area contributed by atoms with Gasteiger partial charge >= 0.3 is 0 Å². The summed E-state index contributed by atoms with van der Waals surface area (Å²) in [7, 11) is 0. The van der Waals surface area contributed by atoms with Gasteiger partial charge < -0.3 is 10.4 Å². The number of rotatable bonds is 4. The van der Waals surface area contributed by atoms with Gasteiger partial charge in [-0.25, -0.2) is 9.87 Å². The minimum absolute atomic E-state index is 0.156. The van der Waals surface area contributed by atoms with Crippen LogP contribution < -0.4 is 10.8 Å². The number of hydrogen-bond acceptors (Lipinski definition) is 4. The summed E-state index contributed by atoms with van der Waals surface area (Å²) in [4.78, 5) is 22.8. The zero-order valence-electron chi connectivity index (χ0n) is 10.6. The van der Waals surface area contributed by atoms with Crippen molar-refractivity contribution in [3.63, 3.8) is 0 Å². The molecule has 0 spiro atoms. The van der Waals surface area contributed by atoms with E-state index in [0.29, 0.717) is 5.56 Å². The fourth-order valence-electron chi connectivity index (χ4n) is 1.40. The number of benzene rings is 1. The largest absolute Gasteiger partial charge is 0.362 e. The van der Waals surface area contributed by atoms with Crippen LogP contribution in [0, 0.1) is 11.8 Å². The zero-order chi connectivity index (χ0) is 15.1. The molecule has 2 unspecified atom stereocenters. The predicted molar refractivity (Wildman–Crippen MR) is 67.3 cm³/mol. The van der Waals surface area contributed by atoms with Gasteiger partial charge in [0.1, 0.15) is 0 Å². The van der Waals surface area contributed by atoms with Crippen molar-refractivity contribution in [2.75, 3.05) is 0 Å².